The maximum Gasteiger partial charge on any atom is 0.241 e. The summed E-state index contributed by atoms with van der Waals surface area (Å²) in [5.74, 6) is 0. The normalized spacial score (nSPS) is 11.7. The standard InChI is InChI=1S/C14H19N3O2S2/c1-11-14(9-13(20-11)10-15-2)21(18,19)17-8-5-12-3-6-16-7-4-12/h3-4,6-7,9,15,17H,5,8,10H2,1-2H3. The smallest absolute Gasteiger partial charge is 0.241 e. The van der Waals surface area contributed by atoms with Gasteiger partial charge < -0.3 is 5.32 Å². The van der Waals surface area contributed by atoms with E-state index >= 15 is 0 Å². The van der Waals surface area contributed by atoms with Crippen molar-refractivity contribution in [3.63, 3.8) is 0 Å². The Bertz CT molecular complexity index is 681. The summed E-state index contributed by atoms with van der Waals surface area (Å²) in [5, 5.41) is 3.03. The van der Waals surface area contributed by atoms with E-state index in [-0.39, 0.29) is 0 Å². The summed E-state index contributed by atoms with van der Waals surface area (Å²) >= 11 is 1.51. The van der Waals surface area contributed by atoms with Gasteiger partial charge in [-0.15, -0.1) is 11.3 Å². The fraction of sp³-hybridized carbons (Fsp3) is 0.357. The van der Waals surface area contributed by atoms with Crippen LogP contribution in [0.1, 0.15) is 15.3 Å². The Morgan fingerprint density at radius 1 is 1.29 bits per heavy atom. The summed E-state index contributed by atoms with van der Waals surface area (Å²) in [7, 11) is -1.60. The Morgan fingerprint density at radius 2 is 2.00 bits per heavy atom. The Kier molecular flexibility index (Phi) is 5.46. The van der Waals surface area contributed by atoms with E-state index < -0.39 is 10.0 Å². The highest BCUT2D eigenvalue weighted by Crippen LogP contribution is 2.25. The molecular formula is C14H19N3O2S2. The molecule has 0 unspecified atom stereocenters. The lowest BCUT2D eigenvalue weighted by Crippen LogP contribution is -2.26. The van der Waals surface area contributed by atoms with Gasteiger partial charge in [0, 0.05) is 35.2 Å². The zero-order valence-corrected chi connectivity index (χ0v) is 13.7. The molecule has 0 aliphatic heterocycles. The molecule has 2 rings (SSSR count). The van der Waals surface area contributed by atoms with Gasteiger partial charge in [0.25, 0.3) is 0 Å². The fourth-order valence-electron chi connectivity index (χ4n) is 2.01. The number of hydrogen-bond donors (Lipinski definition) is 2. The van der Waals surface area contributed by atoms with Crippen LogP contribution in [0, 0.1) is 6.92 Å². The van der Waals surface area contributed by atoms with Gasteiger partial charge in [-0.25, -0.2) is 13.1 Å². The minimum atomic E-state index is -3.44. The minimum Gasteiger partial charge on any atom is -0.315 e. The second-order valence-corrected chi connectivity index (χ2v) is 7.74. The third-order valence-electron chi connectivity index (χ3n) is 3.02. The maximum absolute atomic E-state index is 12.3. The van der Waals surface area contributed by atoms with Gasteiger partial charge in [-0.1, -0.05) is 0 Å². The Hall–Kier alpha value is -1.28. The first-order valence-electron chi connectivity index (χ1n) is 6.65. The van der Waals surface area contributed by atoms with Gasteiger partial charge in [0.2, 0.25) is 10.0 Å². The third kappa shape index (κ3) is 4.34. The van der Waals surface area contributed by atoms with Gasteiger partial charge in [0.05, 0.1) is 4.90 Å². The quantitative estimate of drug-likeness (QED) is 0.813. The van der Waals surface area contributed by atoms with Crippen LogP contribution in [0.5, 0.6) is 0 Å². The first-order chi connectivity index (χ1) is 10.0. The number of aryl methyl sites for hydroxylation is 1. The van der Waals surface area contributed by atoms with E-state index in [9.17, 15) is 8.42 Å². The van der Waals surface area contributed by atoms with E-state index in [0.717, 1.165) is 15.3 Å². The predicted octanol–water partition coefficient (Wildman–Crippen LogP) is 1.69. The van der Waals surface area contributed by atoms with Crippen molar-refractivity contribution >= 4 is 21.4 Å². The van der Waals surface area contributed by atoms with Crippen molar-refractivity contribution in [3.05, 3.63) is 45.9 Å². The average Bonchev–Trinajstić information content (AvgIpc) is 2.82. The molecular weight excluding hydrogens is 306 g/mol. The summed E-state index contributed by atoms with van der Waals surface area (Å²) < 4.78 is 27.3. The third-order valence-corrected chi connectivity index (χ3v) is 5.79. The molecule has 5 nitrogen and oxygen atoms in total. The molecule has 0 bridgehead atoms. The van der Waals surface area contributed by atoms with Crippen LogP contribution >= 0.6 is 11.3 Å². The fourth-order valence-corrected chi connectivity index (χ4v) is 4.69. The number of rotatable bonds is 7. The highest BCUT2D eigenvalue weighted by molar-refractivity contribution is 7.89. The summed E-state index contributed by atoms with van der Waals surface area (Å²) in [4.78, 5) is 6.15. The van der Waals surface area contributed by atoms with Gasteiger partial charge in [0.15, 0.2) is 0 Å². The molecule has 0 atom stereocenters. The molecule has 0 radical (unpaired) electrons. The lowest BCUT2D eigenvalue weighted by molar-refractivity contribution is 0.581. The molecule has 0 aliphatic rings. The van der Waals surface area contributed by atoms with Crippen molar-refractivity contribution < 1.29 is 8.42 Å². The highest BCUT2D eigenvalue weighted by Gasteiger charge is 2.19. The highest BCUT2D eigenvalue weighted by atomic mass is 32.2. The number of hydrogen-bond acceptors (Lipinski definition) is 5. The van der Waals surface area contributed by atoms with Gasteiger partial charge in [0.1, 0.15) is 0 Å². The van der Waals surface area contributed by atoms with Crippen LogP contribution in [0.3, 0.4) is 0 Å². The second kappa shape index (κ2) is 7.13. The number of aromatic nitrogens is 1. The van der Waals surface area contributed by atoms with E-state index in [0.29, 0.717) is 24.4 Å². The van der Waals surface area contributed by atoms with Gasteiger partial charge >= 0.3 is 0 Å². The first-order valence-corrected chi connectivity index (χ1v) is 8.95. The molecule has 0 fully saturated rings. The number of thiophene rings is 1. The lowest BCUT2D eigenvalue weighted by atomic mass is 10.2. The zero-order chi connectivity index (χ0) is 15.3. The van der Waals surface area contributed by atoms with Crippen LogP contribution in [0.4, 0.5) is 0 Å². The number of nitrogens with one attached hydrogen (secondary N) is 2. The van der Waals surface area contributed by atoms with Crippen molar-refractivity contribution in [3.8, 4) is 0 Å². The van der Waals surface area contributed by atoms with Crippen molar-refractivity contribution in [2.75, 3.05) is 13.6 Å². The van der Waals surface area contributed by atoms with E-state index in [1.165, 1.54) is 11.3 Å². The van der Waals surface area contributed by atoms with Crippen LogP contribution < -0.4 is 10.0 Å². The Labute approximate surface area is 129 Å². The summed E-state index contributed by atoms with van der Waals surface area (Å²) in [6.45, 7) is 2.89. The number of sulfonamides is 1. The van der Waals surface area contributed by atoms with Gasteiger partial charge in [-0.05, 0) is 44.2 Å². The number of pyridine rings is 1. The molecule has 2 N–H and O–H groups in total. The average molecular weight is 325 g/mol. The number of nitrogens with zero attached hydrogens (tertiary/aromatic N) is 1. The van der Waals surface area contributed by atoms with Crippen LogP contribution in [0.15, 0.2) is 35.5 Å². The van der Waals surface area contributed by atoms with E-state index in [1.807, 2.05) is 26.1 Å². The van der Waals surface area contributed by atoms with E-state index in [1.54, 1.807) is 18.5 Å². The molecule has 2 aromatic rings. The van der Waals surface area contributed by atoms with Gasteiger partial charge in [-0.2, -0.15) is 0 Å². The van der Waals surface area contributed by atoms with Crippen molar-refractivity contribution in [1.82, 2.24) is 15.0 Å². The van der Waals surface area contributed by atoms with Crippen molar-refractivity contribution in [2.24, 2.45) is 0 Å². The Morgan fingerprint density at radius 3 is 2.67 bits per heavy atom. The van der Waals surface area contributed by atoms with Crippen LogP contribution in [0.2, 0.25) is 0 Å². The molecule has 0 saturated carbocycles. The SMILES string of the molecule is CNCc1cc(S(=O)(=O)NCCc2ccncc2)c(C)s1. The maximum atomic E-state index is 12.3. The first kappa shape index (κ1) is 16.1. The zero-order valence-electron chi connectivity index (χ0n) is 12.1. The minimum absolute atomic E-state index is 0.378. The summed E-state index contributed by atoms with van der Waals surface area (Å²) in [5.41, 5.74) is 1.06. The second-order valence-electron chi connectivity index (χ2n) is 4.67. The molecule has 2 heterocycles. The Balaban J connectivity index is 2.01. The van der Waals surface area contributed by atoms with Crippen LogP contribution in [-0.4, -0.2) is 27.0 Å². The molecule has 0 amide bonds. The van der Waals surface area contributed by atoms with Crippen molar-refractivity contribution in [2.45, 2.75) is 24.8 Å². The largest absolute Gasteiger partial charge is 0.315 e. The molecule has 0 aliphatic carbocycles. The summed E-state index contributed by atoms with van der Waals surface area (Å²) in [6, 6.07) is 5.51. The van der Waals surface area contributed by atoms with Gasteiger partial charge in [-0.3, -0.25) is 4.98 Å². The van der Waals surface area contributed by atoms with E-state index in [2.05, 4.69) is 15.0 Å². The molecule has 21 heavy (non-hydrogen) atoms. The molecule has 114 valence electrons. The van der Waals surface area contributed by atoms with Crippen molar-refractivity contribution in [1.29, 1.82) is 0 Å². The monoisotopic (exact) mass is 325 g/mol. The molecule has 0 saturated heterocycles. The molecule has 0 aromatic carbocycles. The lowest BCUT2D eigenvalue weighted by Gasteiger charge is -2.06. The summed E-state index contributed by atoms with van der Waals surface area (Å²) in [6.07, 6.45) is 4.06. The van der Waals surface area contributed by atoms with Crippen LogP contribution in [-0.2, 0) is 23.0 Å². The molecule has 7 heteroatoms. The predicted molar refractivity (Wildman–Crippen MR) is 84.9 cm³/mol. The molecule has 2 aromatic heterocycles. The molecule has 0 spiro atoms. The topological polar surface area (TPSA) is 71.1 Å². The van der Waals surface area contributed by atoms with E-state index in [4.69, 9.17) is 0 Å². The van der Waals surface area contributed by atoms with Crippen LogP contribution in [0.25, 0.3) is 0 Å².